The van der Waals surface area contributed by atoms with E-state index in [0.29, 0.717) is 0 Å². The summed E-state index contributed by atoms with van der Waals surface area (Å²) in [6.45, 7) is 4.52. The summed E-state index contributed by atoms with van der Waals surface area (Å²) in [7, 11) is 0. The van der Waals surface area contributed by atoms with E-state index in [0.717, 1.165) is 30.4 Å². The summed E-state index contributed by atoms with van der Waals surface area (Å²) in [5, 5.41) is 7.77. The third-order valence-corrected chi connectivity index (χ3v) is 2.79. The lowest BCUT2D eigenvalue weighted by molar-refractivity contribution is 0.346. The highest BCUT2D eigenvalue weighted by atomic mass is 15.3. The van der Waals surface area contributed by atoms with Crippen LogP contribution < -0.4 is 11.5 Å². The van der Waals surface area contributed by atoms with Crippen LogP contribution in [0.15, 0.2) is 10.2 Å². The highest BCUT2D eigenvalue weighted by Crippen LogP contribution is 2.28. The van der Waals surface area contributed by atoms with Crippen molar-refractivity contribution in [3.05, 3.63) is 0 Å². The highest BCUT2D eigenvalue weighted by molar-refractivity contribution is 5.86. The summed E-state index contributed by atoms with van der Waals surface area (Å²) in [6, 6.07) is 0. The number of guanidine groups is 1. The Morgan fingerprint density at radius 3 is 2.71 bits per heavy atom. The molecule has 1 unspecified atom stereocenters. The Balaban J connectivity index is 2.56. The molecule has 1 saturated carbocycles. The predicted molar refractivity (Wildman–Crippen MR) is 60.0 cm³/mol. The smallest absolute Gasteiger partial charge is 0.211 e. The SMILES string of the molecule is CC(C)C1CCC/C(=N\N=C(N)N)C1. The molecular weight excluding hydrogens is 176 g/mol. The van der Waals surface area contributed by atoms with Gasteiger partial charge in [0, 0.05) is 5.71 Å². The number of nitrogens with two attached hydrogens (primary N) is 2. The molecule has 80 valence electrons. The molecule has 1 rings (SSSR count). The highest BCUT2D eigenvalue weighted by Gasteiger charge is 2.20. The lowest BCUT2D eigenvalue weighted by Crippen LogP contribution is -2.23. The van der Waals surface area contributed by atoms with Gasteiger partial charge in [-0.3, -0.25) is 0 Å². The molecule has 0 amide bonds. The van der Waals surface area contributed by atoms with Crippen LogP contribution in [-0.4, -0.2) is 11.7 Å². The second kappa shape index (κ2) is 4.98. The Labute approximate surface area is 85.5 Å². The van der Waals surface area contributed by atoms with Crippen molar-refractivity contribution in [1.82, 2.24) is 0 Å². The normalized spacial score (nSPS) is 25.4. The number of nitrogens with zero attached hydrogens (tertiary/aromatic N) is 2. The predicted octanol–water partition coefficient (Wildman–Crippen LogP) is 1.46. The van der Waals surface area contributed by atoms with Crippen molar-refractivity contribution in [2.24, 2.45) is 33.5 Å². The van der Waals surface area contributed by atoms with Crippen LogP contribution in [0.5, 0.6) is 0 Å². The molecule has 14 heavy (non-hydrogen) atoms. The molecule has 0 radical (unpaired) electrons. The summed E-state index contributed by atoms with van der Waals surface area (Å²) in [5.41, 5.74) is 11.6. The van der Waals surface area contributed by atoms with E-state index in [-0.39, 0.29) is 5.96 Å². The van der Waals surface area contributed by atoms with Crippen LogP contribution in [-0.2, 0) is 0 Å². The van der Waals surface area contributed by atoms with Crippen molar-refractivity contribution < 1.29 is 0 Å². The molecule has 0 aromatic carbocycles. The molecule has 1 atom stereocenters. The number of hydrogen-bond acceptors (Lipinski definition) is 2. The van der Waals surface area contributed by atoms with Gasteiger partial charge in [-0.2, -0.15) is 5.10 Å². The first-order valence-corrected chi connectivity index (χ1v) is 5.24. The lowest BCUT2D eigenvalue weighted by atomic mass is 9.81. The maximum Gasteiger partial charge on any atom is 0.211 e. The van der Waals surface area contributed by atoms with Gasteiger partial charge in [0.05, 0.1) is 0 Å². The van der Waals surface area contributed by atoms with E-state index >= 15 is 0 Å². The second-order valence-corrected chi connectivity index (χ2v) is 4.29. The Morgan fingerprint density at radius 2 is 2.14 bits per heavy atom. The molecule has 0 bridgehead atoms. The maximum atomic E-state index is 5.22. The fourth-order valence-corrected chi connectivity index (χ4v) is 1.86. The molecular formula is C10H20N4. The molecule has 0 saturated heterocycles. The molecule has 0 spiro atoms. The lowest BCUT2D eigenvalue weighted by Gasteiger charge is -2.25. The first-order chi connectivity index (χ1) is 6.59. The summed E-state index contributed by atoms with van der Waals surface area (Å²) in [6.07, 6.45) is 4.61. The Kier molecular flexibility index (Phi) is 3.92. The zero-order valence-electron chi connectivity index (χ0n) is 9.03. The van der Waals surface area contributed by atoms with Crippen molar-refractivity contribution in [3.8, 4) is 0 Å². The molecule has 1 aliphatic carbocycles. The van der Waals surface area contributed by atoms with Gasteiger partial charge >= 0.3 is 0 Å². The first-order valence-electron chi connectivity index (χ1n) is 5.24. The monoisotopic (exact) mass is 196 g/mol. The van der Waals surface area contributed by atoms with E-state index in [9.17, 15) is 0 Å². The van der Waals surface area contributed by atoms with Crippen LogP contribution in [0, 0.1) is 11.8 Å². The maximum absolute atomic E-state index is 5.22. The minimum absolute atomic E-state index is 0.0455. The second-order valence-electron chi connectivity index (χ2n) is 4.29. The first kappa shape index (κ1) is 11.0. The van der Waals surface area contributed by atoms with Crippen molar-refractivity contribution in [1.29, 1.82) is 0 Å². The fraction of sp³-hybridized carbons (Fsp3) is 0.800. The van der Waals surface area contributed by atoms with Crippen LogP contribution >= 0.6 is 0 Å². The zero-order chi connectivity index (χ0) is 10.6. The molecule has 0 heterocycles. The number of rotatable bonds is 2. The van der Waals surface area contributed by atoms with Crippen molar-refractivity contribution in [3.63, 3.8) is 0 Å². The van der Waals surface area contributed by atoms with Crippen molar-refractivity contribution >= 4 is 11.7 Å². The molecule has 4 N–H and O–H groups in total. The Bertz CT molecular complexity index is 239. The fourth-order valence-electron chi connectivity index (χ4n) is 1.86. The van der Waals surface area contributed by atoms with Gasteiger partial charge in [-0.05, 0) is 37.5 Å². The van der Waals surface area contributed by atoms with E-state index in [1.54, 1.807) is 0 Å². The van der Waals surface area contributed by atoms with Gasteiger partial charge in [0.2, 0.25) is 5.96 Å². The summed E-state index contributed by atoms with van der Waals surface area (Å²) in [4.78, 5) is 0. The van der Waals surface area contributed by atoms with Crippen LogP contribution in [0.25, 0.3) is 0 Å². The third kappa shape index (κ3) is 3.36. The van der Waals surface area contributed by atoms with Gasteiger partial charge in [0.15, 0.2) is 0 Å². The molecule has 0 aliphatic heterocycles. The van der Waals surface area contributed by atoms with Gasteiger partial charge in [0.1, 0.15) is 0 Å². The van der Waals surface area contributed by atoms with E-state index in [4.69, 9.17) is 11.5 Å². The minimum Gasteiger partial charge on any atom is -0.369 e. The largest absolute Gasteiger partial charge is 0.369 e. The molecule has 0 aromatic rings. The average molecular weight is 196 g/mol. The van der Waals surface area contributed by atoms with Crippen LogP contribution in [0.4, 0.5) is 0 Å². The molecule has 1 aliphatic rings. The van der Waals surface area contributed by atoms with Crippen molar-refractivity contribution in [2.45, 2.75) is 39.5 Å². The third-order valence-electron chi connectivity index (χ3n) is 2.79. The Morgan fingerprint density at radius 1 is 1.43 bits per heavy atom. The van der Waals surface area contributed by atoms with Gasteiger partial charge in [-0.1, -0.05) is 13.8 Å². The van der Waals surface area contributed by atoms with Gasteiger partial charge < -0.3 is 11.5 Å². The summed E-state index contributed by atoms with van der Waals surface area (Å²) >= 11 is 0. The summed E-state index contributed by atoms with van der Waals surface area (Å²) < 4.78 is 0. The van der Waals surface area contributed by atoms with E-state index < -0.39 is 0 Å². The van der Waals surface area contributed by atoms with Crippen molar-refractivity contribution in [2.75, 3.05) is 0 Å². The summed E-state index contributed by atoms with van der Waals surface area (Å²) in [5.74, 6) is 1.51. The quantitative estimate of drug-likeness (QED) is 0.398. The van der Waals surface area contributed by atoms with Crippen LogP contribution in [0.3, 0.4) is 0 Å². The molecule has 1 fully saturated rings. The zero-order valence-corrected chi connectivity index (χ0v) is 9.03. The standard InChI is InChI=1S/C10H20N4/c1-7(2)8-4-3-5-9(6-8)13-14-10(11)12/h7-8H,3-6H2,1-2H3,(H4,11,12,14)/b13-9+. The van der Waals surface area contributed by atoms with Gasteiger partial charge in [-0.25, -0.2) is 0 Å². The topological polar surface area (TPSA) is 76.8 Å². The van der Waals surface area contributed by atoms with Crippen LogP contribution in [0.1, 0.15) is 39.5 Å². The van der Waals surface area contributed by atoms with Gasteiger partial charge in [0.25, 0.3) is 0 Å². The van der Waals surface area contributed by atoms with Crippen LogP contribution in [0.2, 0.25) is 0 Å². The van der Waals surface area contributed by atoms with E-state index in [2.05, 4.69) is 24.1 Å². The van der Waals surface area contributed by atoms with E-state index in [1.165, 1.54) is 12.8 Å². The molecule has 0 aromatic heterocycles. The average Bonchev–Trinajstić information content (AvgIpc) is 2.15. The van der Waals surface area contributed by atoms with Gasteiger partial charge in [-0.15, -0.1) is 5.10 Å². The Hall–Kier alpha value is -1.06. The molecule has 4 nitrogen and oxygen atoms in total. The molecule has 4 heteroatoms. The number of hydrogen-bond donors (Lipinski definition) is 2. The minimum atomic E-state index is 0.0455. The van der Waals surface area contributed by atoms with E-state index in [1.807, 2.05) is 0 Å².